The minimum absolute atomic E-state index is 0.0381. The molecule has 0 aromatic heterocycles. The van der Waals surface area contributed by atoms with Crippen LogP contribution in [0.2, 0.25) is 0 Å². The van der Waals surface area contributed by atoms with Crippen molar-refractivity contribution in [3.05, 3.63) is 0 Å². The van der Waals surface area contributed by atoms with Crippen molar-refractivity contribution in [3.63, 3.8) is 0 Å². The van der Waals surface area contributed by atoms with Gasteiger partial charge in [-0.25, -0.2) is 4.79 Å². The standard InChI is InChI=1S/C9H13NO3/c1-6(11)10-5-7-3-4-9(10,2)8(12)13-7/h7H,3-5H2,1-2H3/t7-,9-/m0/s1. The first kappa shape index (κ1) is 8.53. The van der Waals surface area contributed by atoms with Gasteiger partial charge in [0.15, 0.2) is 0 Å². The van der Waals surface area contributed by atoms with E-state index in [1.807, 2.05) is 0 Å². The smallest absolute Gasteiger partial charge is 0.332 e. The number of hydrogen-bond donors (Lipinski definition) is 0. The normalized spacial score (nSPS) is 37.5. The summed E-state index contributed by atoms with van der Waals surface area (Å²) in [5.74, 6) is -0.283. The van der Waals surface area contributed by atoms with Crippen LogP contribution < -0.4 is 0 Å². The van der Waals surface area contributed by atoms with E-state index in [2.05, 4.69) is 0 Å². The minimum atomic E-state index is -0.694. The second-order valence-corrected chi connectivity index (χ2v) is 3.97. The zero-order valence-corrected chi connectivity index (χ0v) is 7.87. The van der Waals surface area contributed by atoms with Crippen LogP contribution in [-0.2, 0) is 14.3 Å². The van der Waals surface area contributed by atoms with Crippen molar-refractivity contribution in [1.29, 1.82) is 0 Å². The number of morpholine rings is 1. The van der Waals surface area contributed by atoms with E-state index in [-0.39, 0.29) is 18.0 Å². The Morgan fingerprint density at radius 2 is 2.38 bits per heavy atom. The third-order valence-corrected chi connectivity index (χ3v) is 3.03. The number of carbonyl (C=O) groups is 2. The van der Waals surface area contributed by atoms with Crippen LogP contribution in [0, 0.1) is 0 Å². The minimum Gasteiger partial charge on any atom is -0.459 e. The summed E-state index contributed by atoms with van der Waals surface area (Å²) in [6.45, 7) is 3.85. The van der Waals surface area contributed by atoms with Crippen LogP contribution in [0.15, 0.2) is 0 Å². The molecule has 13 heavy (non-hydrogen) atoms. The highest BCUT2D eigenvalue weighted by Gasteiger charge is 2.52. The molecule has 2 bridgehead atoms. The van der Waals surface area contributed by atoms with E-state index in [1.165, 1.54) is 6.92 Å². The molecule has 0 radical (unpaired) electrons. The predicted molar refractivity (Wildman–Crippen MR) is 44.9 cm³/mol. The Morgan fingerprint density at radius 1 is 1.69 bits per heavy atom. The molecule has 4 nitrogen and oxygen atoms in total. The van der Waals surface area contributed by atoms with E-state index in [1.54, 1.807) is 11.8 Å². The highest BCUT2D eigenvalue weighted by molar-refractivity contribution is 5.88. The molecule has 3 saturated heterocycles. The van der Waals surface area contributed by atoms with Crippen LogP contribution in [0.5, 0.6) is 0 Å². The summed E-state index contributed by atoms with van der Waals surface area (Å²) in [5, 5.41) is 0. The van der Waals surface area contributed by atoms with Gasteiger partial charge in [-0.2, -0.15) is 0 Å². The van der Waals surface area contributed by atoms with E-state index in [9.17, 15) is 9.59 Å². The second kappa shape index (κ2) is 2.47. The summed E-state index contributed by atoms with van der Waals surface area (Å²) in [6, 6.07) is 0. The number of esters is 1. The number of nitrogens with zero attached hydrogens (tertiary/aromatic N) is 1. The van der Waals surface area contributed by atoms with Gasteiger partial charge < -0.3 is 9.64 Å². The van der Waals surface area contributed by atoms with Gasteiger partial charge in [0.2, 0.25) is 5.91 Å². The molecule has 3 heterocycles. The summed E-state index contributed by atoms with van der Waals surface area (Å²) in [7, 11) is 0. The highest BCUT2D eigenvalue weighted by Crippen LogP contribution is 2.36. The van der Waals surface area contributed by atoms with E-state index >= 15 is 0 Å². The molecule has 2 atom stereocenters. The first-order chi connectivity index (χ1) is 6.04. The van der Waals surface area contributed by atoms with Gasteiger partial charge in [-0.1, -0.05) is 0 Å². The van der Waals surface area contributed by atoms with Crippen LogP contribution in [0.1, 0.15) is 26.7 Å². The maximum absolute atomic E-state index is 11.5. The van der Waals surface area contributed by atoms with Crippen LogP contribution in [0.3, 0.4) is 0 Å². The Labute approximate surface area is 76.8 Å². The van der Waals surface area contributed by atoms with Gasteiger partial charge in [0, 0.05) is 6.92 Å². The fourth-order valence-electron chi connectivity index (χ4n) is 2.14. The summed E-state index contributed by atoms with van der Waals surface area (Å²) in [4.78, 5) is 24.4. The number of carbonyl (C=O) groups excluding carboxylic acids is 2. The summed E-state index contributed by atoms with van der Waals surface area (Å²) in [6.07, 6.45) is 1.54. The fraction of sp³-hybridized carbons (Fsp3) is 0.778. The van der Waals surface area contributed by atoms with Gasteiger partial charge in [-0.15, -0.1) is 0 Å². The van der Waals surface area contributed by atoms with Crippen molar-refractivity contribution < 1.29 is 14.3 Å². The lowest BCUT2D eigenvalue weighted by atomic mass is 9.84. The second-order valence-electron chi connectivity index (χ2n) is 3.97. The van der Waals surface area contributed by atoms with Gasteiger partial charge in [0.05, 0.1) is 6.54 Å². The van der Waals surface area contributed by atoms with Gasteiger partial charge >= 0.3 is 5.97 Å². The summed E-state index contributed by atoms with van der Waals surface area (Å²) < 4.78 is 5.14. The molecule has 0 N–H and O–H groups in total. The number of ether oxygens (including phenoxy) is 1. The molecule has 3 rings (SSSR count). The molecule has 4 heteroatoms. The van der Waals surface area contributed by atoms with E-state index in [4.69, 9.17) is 4.74 Å². The average Bonchev–Trinajstić information content (AvgIpc) is 2.06. The van der Waals surface area contributed by atoms with E-state index < -0.39 is 5.54 Å². The quantitative estimate of drug-likeness (QED) is 0.508. The van der Waals surface area contributed by atoms with Gasteiger partial charge in [0.1, 0.15) is 11.6 Å². The molecule has 3 aliphatic heterocycles. The van der Waals surface area contributed by atoms with Crippen molar-refractivity contribution in [2.75, 3.05) is 6.54 Å². The van der Waals surface area contributed by atoms with Gasteiger partial charge in [0.25, 0.3) is 0 Å². The lowest BCUT2D eigenvalue weighted by Crippen LogP contribution is -2.66. The third-order valence-electron chi connectivity index (χ3n) is 3.03. The lowest BCUT2D eigenvalue weighted by molar-refractivity contribution is -0.193. The highest BCUT2D eigenvalue weighted by atomic mass is 16.6. The van der Waals surface area contributed by atoms with Crippen LogP contribution in [-0.4, -0.2) is 35.0 Å². The number of piperidine rings is 1. The Hall–Kier alpha value is -1.06. The Balaban J connectivity index is 2.32. The number of hydrogen-bond acceptors (Lipinski definition) is 3. The lowest BCUT2D eigenvalue weighted by Gasteiger charge is -2.50. The molecule has 72 valence electrons. The Kier molecular flexibility index (Phi) is 1.62. The molecule has 0 aliphatic carbocycles. The topological polar surface area (TPSA) is 46.6 Å². The third kappa shape index (κ3) is 1.04. The molecule has 0 aromatic carbocycles. The van der Waals surface area contributed by atoms with Crippen molar-refractivity contribution in [3.8, 4) is 0 Å². The first-order valence-electron chi connectivity index (χ1n) is 4.53. The monoisotopic (exact) mass is 183 g/mol. The summed E-state index contributed by atoms with van der Waals surface area (Å²) in [5.41, 5.74) is -0.694. The Morgan fingerprint density at radius 3 is 2.85 bits per heavy atom. The SMILES string of the molecule is CC(=O)N1C[C@@H]2CC[C@@]1(C)C(=O)O2. The van der Waals surface area contributed by atoms with Crippen molar-refractivity contribution >= 4 is 11.9 Å². The van der Waals surface area contributed by atoms with Crippen molar-refractivity contribution in [2.24, 2.45) is 0 Å². The molecule has 0 spiro atoms. The molecule has 0 saturated carbocycles. The molecular weight excluding hydrogens is 170 g/mol. The van der Waals surface area contributed by atoms with Crippen LogP contribution in [0.4, 0.5) is 0 Å². The number of rotatable bonds is 0. The van der Waals surface area contributed by atoms with E-state index in [0.717, 1.165) is 12.8 Å². The summed E-state index contributed by atoms with van der Waals surface area (Å²) >= 11 is 0. The molecule has 3 fully saturated rings. The molecule has 0 aromatic rings. The number of amides is 1. The predicted octanol–water partition coefficient (Wildman–Crippen LogP) is 0.313. The molecule has 1 amide bonds. The largest absolute Gasteiger partial charge is 0.459 e. The maximum atomic E-state index is 11.5. The maximum Gasteiger partial charge on any atom is 0.332 e. The van der Waals surface area contributed by atoms with Crippen LogP contribution >= 0.6 is 0 Å². The molecular formula is C9H13NO3. The van der Waals surface area contributed by atoms with Crippen LogP contribution in [0.25, 0.3) is 0 Å². The fourth-order valence-corrected chi connectivity index (χ4v) is 2.14. The zero-order valence-electron chi connectivity index (χ0n) is 7.87. The van der Waals surface area contributed by atoms with E-state index in [0.29, 0.717) is 6.54 Å². The average molecular weight is 183 g/mol. The van der Waals surface area contributed by atoms with Crippen molar-refractivity contribution in [2.45, 2.75) is 38.3 Å². The van der Waals surface area contributed by atoms with Gasteiger partial charge in [-0.3, -0.25) is 4.79 Å². The zero-order chi connectivity index (χ0) is 9.64. The van der Waals surface area contributed by atoms with Crippen molar-refractivity contribution in [1.82, 2.24) is 4.90 Å². The molecule has 0 unspecified atom stereocenters. The Bertz CT molecular complexity index is 276. The number of fused-ring (bicyclic) bond motifs is 3. The first-order valence-corrected chi connectivity index (χ1v) is 4.53. The molecule has 3 aliphatic rings. The van der Waals surface area contributed by atoms with Gasteiger partial charge in [-0.05, 0) is 19.8 Å².